The molecule has 1 N–H and O–H groups in total. The van der Waals surface area contributed by atoms with Gasteiger partial charge in [0.1, 0.15) is 5.82 Å². The van der Waals surface area contributed by atoms with Crippen molar-refractivity contribution < 1.29 is 4.39 Å². The summed E-state index contributed by atoms with van der Waals surface area (Å²) in [6, 6.07) is 25.8. The number of aromatic amines is 1. The van der Waals surface area contributed by atoms with Gasteiger partial charge in [-0.2, -0.15) is 5.26 Å². The van der Waals surface area contributed by atoms with E-state index in [1.54, 1.807) is 12.1 Å². The van der Waals surface area contributed by atoms with Crippen LogP contribution in [0.15, 0.2) is 103 Å². The monoisotopic (exact) mass is 639 g/mol. The first-order valence-electron chi connectivity index (χ1n) is 18.2. The van der Waals surface area contributed by atoms with Gasteiger partial charge in [0.05, 0.1) is 22.9 Å². The van der Waals surface area contributed by atoms with Gasteiger partial charge in [0.15, 0.2) is 0 Å². The third kappa shape index (κ3) is 9.32. The van der Waals surface area contributed by atoms with Crippen molar-refractivity contribution >= 4 is 27.2 Å². The Labute approximate surface area is 286 Å². The molecule has 0 aliphatic rings. The Bertz CT molecular complexity index is 1830. The van der Waals surface area contributed by atoms with Gasteiger partial charge in [0, 0.05) is 45.8 Å². The molecule has 3 aromatic carbocycles. The van der Waals surface area contributed by atoms with E-state index < -0.39 is 0 Å². The normalized spacial score (nSPS) is 12.6. The fourth-order valence-corrected chi connectivity index (χ4v) is 6.93. The van der Waals surface area contributed by atoms with Crippen LogP contribution in [0.2, 0.25) is 0 Å². The third-order valence-corrected chi connectivity index (χ3v) is 9.55. The van der Waals surface area contributed by atoms with Gasteiger partial charge in [0.2, 0.25) is 0 Å². The molecule has 3 nitrogen and oxygen atoms in total. The summed E-state index contributed by atoms with van der Waals surface area (Å²) in [4.78, 5) is 8.24. The van der Waals surface area contributed by atoms with E-state index in [2.05, 4.69) is 66.5 Å². The van der Waals surface area contributed by atoms with Crippen molar-refractivity contribution in [2.45, 2.75) is 103 Å². The molecule has 0 bridgehead atoms. The van der Waals surface area contributed by atoms with E-state index in [-0.39, 0.29) is 5.82 Å². The maximum atomic E-state index is 14.6. The highest BCUT2D eigenvalue weighted by Crippen LogP contribution is 2.35. The summed E-state index contributed by atoms with van der Waals surface area (Å²) in [6.07, 6.45) is 27.4. The Hall–Kier alpha value is -4.49. The number of rotatable bonds is 19. The summed E-state index contributed by atoms with van der Waals surface area (Å²) in [7, 11) is 0. The van der Waals surface area contributed by atoms with Gasteiger partial charge in [-0.05, 0) is 68.9 Å². The average molecular weight is 640 g/mol. The fraction of sp³-hybridized carbons (Fsp3) is 0.364. The number of allylic oxidation sites excluding steroid dienone is 4. The topological polar surface area (TPSA) is 52.5 Å². The Morgan fingerprint density at radius 2 is 1.48 bits per heavy atom. The van der Waals surface area contributed by atoms with Crippen LogP contribution in [0.4, 0.5) is 4.39 Å². The molecule has 0 saturated heterocycles. The number of halogens is 1. The van der Waals surface area contributed by atoms with Gasteiger partial charge in [0.25, 0.3) is 0 Å². The first-order valence-corrected chi connectivity index (χ1v) is 18.2. The minimum absolute atomic E-state index is 0.255. The summed E-state index contributed by atoms with van der Waals surface area (Å²) in [5.41, 5.74) is 4.96. The number of nitrogens with one attached hydrogen (secondary N) is 1. The zero-order valence-corrected chi connectivity index (χ0v) is 28.6. The molecule has 1 atom stereocenters. The zero-order valence-electron chi connectivity index (χ0n) is 28.6. The molecule has 0 radical (unpaired) electrons. The van der Waals surface area contributed by atoms with Crippen LogP contribution in [0.25, 0.3) is 38.4 Å². The smallest absolute Gasteiger partial charge is 0.131 e. The van der Waals surface area contributed by atoms with Crippen molar-refractivity contribution in [3.05, 3.63) is 120 Å². The van der Waals surface area contributed by atoms with E-state index >= 15 is 0 Å². The molecule has 4 heteroatoms. The number of H-pyrrole nitrogens is 1. The Kier molecular flexibility index (Phi) is 13.6. The fourth-order valence-electron chi connectivity index (χ4n) is 6.93. The summed E-state index contributed by atoms with van der Waals surface area (Å²) < 4.78 is 14.6. The highest BCUT2D eigenvalue weighted by Gasteiger charge is 2.17. The molecule has 0 aliphatic carbocycles. The van der Waals surface area contributed by atoms with E-state index in [0.717, 1.165) is 67.0 Å². The van der Waals surface area contributed by atoms with Crippen LogP contribution in [-0.2, 0) is 0 Å². The third-order valence-electron chi connectivity index (χ3n) is 9.55. The van der Waals surface area contributed by atoms with Crippen molar-refractivity contribution in [3.8, 4) is 17.2 Å². The van der Waals surface area contributed by atoms with Crippen LogP contribution in [0.5, 0.6) is 0 Å². The number of nitrogens with zero attached hydrogens (tertiary/aromatic N) is 2. The molecule has 248 valence electrons. The van der Waals surface area contributed by atoms with Gasteiger partial charge < -0.3 is 4.98 Å². The van der Waals surface area contributed by atoms with E-state index in [0.29, 0.717) is 17.1 Å². The maximum Gasteiger partial charge on any atom is 0.131 e. The lowest BCUT2D eigenvalue weighted by Gasteiger charge is -2.18. The Morgan fingerprint density at radius 1 is 0.771 bits per heavy atom. The van der Waals surface area contributed by atoms with Crippen molar-refractivity contribution in [3.63, 3.8) is 0 Å². The number of aromatic nitrogens is 2. The first-order chi connectivity index (χ1) is 23.7. The van der Waals surface area contributed by atoms with Gasteiger partial charge >= 0.3 is 0 Å². The molecule has 0 aliphatic heterocycles. The van der Waals surface area contributed by atoms with Crippen LogP contribution in [-0.4, -0.2) is 9.97 Å². The Balaban J connectivity index is 1.19. The van der Waals surface area contributed by atoms with Crippen LogP contribution in [0, 0.1) is 17.1 Å². The van der Waals surface area contributed by atoms with Gasteiger partial charge in [-0.15, -0.1) is 0 Å². The minimum Gasteiger partial charge on any atom is -0.360 e. The number of nitriles is 1. The van der Waals surface area contributed by atoms with E-state index in [1.165, 1.54) is 67.5 Å². The van der Waals surface area contributed by atoms with Gasteiger partial charge in [-0.1, -0.05) is 124 Å². The zero-order chi connectivity index (χ0) is 33.4. The predicted molar refractivity (Wildman–Crippen MR) is 201 cm³/mol. The predicted octanol–water partition coefficient (Wildman–Crippen LogP) is 13.3. The first kappa shape index (κ1) is 34.8. The van der Waals surface area contributed by atoms with Gasteiger partial charge in [-0.25, -0.2) is 4.39 Å². The second kappa shape index (κ2) is 18.7. The number of hydrogen-bond acceptors (Lipinski definition) is 2. The molecule has 0 amide bonds. The molecule has 5 aromatic rings. The molecule has 0 spiro atoms. The maximum absolute atomic E-state index is 14.6. The molecule has 5 rings (SSSR count). The van der Waals surface area contributed by atoms with Gasteiger partial charge in [-0.3, -0.25) is 4.98 Å². The SMILES string of the molecule is CCCCCCCC/C=C\CCCC(CCCC/C=C(\C#N)c1c[nH]c2c(-c3ccccc3F)cccc12)c1nccc2ccccc12. The van der Waals surface area contributed by atoms with Crippen molar-refractivity contribution in [2.75, 3.05) is 0 Å². The van der Waals surface area contributed by atoms with Crippen molar-refractivity contribution in [1.29, 1.82) is 5.26 Å². The Morgan fingerprint density at radius 3 is 2.33 bits per heavy atom. The van der Waals surface area contributed by atoms with Crippen LogP contribution >= 0.6 is 0 Å². The van der Waals surface area contributed by atoms with E-state index in [1.807, 2.05) is 36.7 Å². The van der Waals surface area contributed by atoms with Crippen LogP contribution < -0.4 is 0 Å². The lowest BCUT2D eigenvalue weighted by molar-refractivity contribution is 0.518. The number of benzene rings is 3. The lowest BCUT2D eigenvalue weighted by atomic mass is 9.89. The molecule has 2 aromatic heterocycles. The molecule has 48 heavy (non-hydrogen) atoms. The standard InChI is InChI=1S/C44H50FN3/c1-2-3-4-5-6-7-8-9-10-11-13-22-35(43-37-25-17-16-21-34(37)30-31-47-43)23-14-12-15-24-36(32-46)41-33-48-44-39(27-20-28-40(41)44)38-26-18-19-29-42(38)45/h9-10,16-21,24-31,33,35,48H,2-8,11-15,22-23H2,1H3/b10-9-,36-24+. The number of pyridine rings is 1. The highest BCUT2D eigenvalue weighted by molar-refractivity contribution is 6.02. The molecule has 0 fully saturated rings. The largest absolute Gasteiger partial charge is 0.360 e. The number of para-hydroxylation sites is 1. The van der Waals surface area contributed by atoms with Crippen molar-refractivity contribution in [1.82, 2.24) is 9.97 Å². The van der Waals surface area contributed by atoms with Crippen LogP contribution in [0.3, 0.4) is 0 Å². The van der Waals surface area contributed by atoms with E-state index in [9.17, 15) is 9.65 Å². The van der Waals surface area contributed by atoms with Crippen LogP contribution in [0.1, 0.15) is 114 Å². The number of fused-ring (bicyclic) bond motifs is 2. The minimum atomic E-state index is -0.255. The quantitative estimate of drug-likeness (QED) is 0.0555. The molecular weight excluding hydrogens is 590 g/mol. The lowest BCUT2D eigenvalue weighted by Crippen LogP contribution is -2.03. The molecule has 0 saturated carbocycles. The summed E-state index contributed by atoms with van der Waals surface area (Å²) in [5, 5.41) is 13.6. The highest BCUT2D eigenvalue weighted by atomic mass is 19.1. The molecule has 2 heterocycles. The number of hydrogen-bond donors (Lipinski definition) is 1. The summed E-state index contributed by atoms with van der Waals surface area (Å²) in [6.45, 7) is 2.27. The average Bonchev–Trinajstić information content (AvgIpc) is 3.55. The molecular formula is C44H50FN3. The summed E-state index contributed by atoms with van der Waals surface area (Å²) in [5.74, 6) is 0.155. The second-order valence-corrected chi connectivity index (χ2v) is 13.0. The van der Waals surface area contributed by atoms with Crippen molar-refractivity contribution in [2.24, 2.45) is 0 Å². The molecule has 1 unspecified atom stereocenters. The number of unbranched alkanes of at least 4 members (excludes halogenated alkanes) is 9. The second-order valence-electron chi connectivity index (χ2n) is 13.0. The summed E-state index contributed by atoms with van der Waals surface area (Å²) >= 11 is 0. The van der Waals surface area contributed by atoms with E-state index in [4.69, 9.17) is 4.98 Å².